The zero-order chi connectivity index (χ0) is 29.5. The van der Waals surface area contributed by atoms with E-state index in [0.717, 1.165) is 15.4 Å². The smallest absolute Gasteiger partial charge is 0.264 e. The van der Waals surface area contributed by atoms with Gasteiger partial charge in [-0.25, -0.2) is 8.42 Å². The van der Waals surface area contributed by atoms with Crippen LogP contribution in [0.25, 0.3) is 0 Å². The van der Waals surface area contributed by atoms with Gasteiger partial charge in [0.05, 0.1) is 17.2 Å². The van der Waals surface area contributed by atoms with E-state index >= 15 is 0 Å². The summed E-state index contributed by atoms with van der Waals surface area (Å²) in [5, 5.41) is 2.93. The first-order valence-electron chi connectivity index (χ1n) is 13.3. The number of para-hydroxylation sites is 2. The van der Waals surface area contributed by atoms with Gasteiger partial charge in [-0.3, -0.25) is 13.9 Å². The molecule has 1 unspecified atom stereocenters. The minimum absolute atomic E-state index is 0.0397. The minimum atomic E-state index is -4.17. The zero-order valence-corrected chi connectivity index (χ0v) is 24.9. The van der Waals surface area contributed by atoms with Crippen molar-refractivity contribution in [3.05, 3.63) is 90.0 Å². The summed E-state index contributed by atoms with van der Waals surface area (Å²) in [4.78, 5) is 28.8. The van der Waals surface area contributed by atoms with Crippen molar-refractivity contribution in [2.45, 2.75) is 64.6 Å². The highest BCUT2D eigenvalue weighted by Crippen LogP contribution is 2.33. The summed E-state index contributed by atoms with van der Waals surface area (Å²) < 4.78 is 34.7. The molecule has 1 atom stereocenters. The quantitative estimate of drug-likeness (QED) is 0.356. The average Bonchev–Trinajstić information content (AvgIpc) is 2.90. The molecule has 8 nitrogen and oxygen atoms in total. The zero-order valence-electron chi connectivity index (χ0n) is 24.0. The molecule has 3 aromatic rings. The van der Waals surface area contributed by atoms with Crippen molar-refractivity contribution in [1.82, 2.24) is 10.2 Å². The third-order valence-corrected chi connectivity index (χ3v) is 7.92. The molecule has 0 aromatic heterocycles. The van der Waals surface area contributed by atoms with Crippen LogP contribution in [0.3, 0.4) is 0 Å². The number of amides is 2. The predicted molar refractivity (Wildman–Crippen MR) is 158 cm³/mol. The monoisotopic (exact) mass is 565 g/mol. The molecule has 0 aliphatic heterocycles. The van der Waals surface area contributed by atoms with E-state index in [1.54, 1.807) is 56.3 Å². The third kappa shape index (κ3) is 7.85. The van der Waals surface area contributed by atoms with E-state index in [4.69, 9.17) is 4.74 Å². The van der Waals surface area contributed by atoms with E-state index in [9.17, 15) is 18.0 Å². The lowest BCUT2D eigenvalue weighted by atomic mass is 10.1. The number of hydrogen-bond acceptors (Lipinski definition) is 5. The van der Waals surface area contributed by atoms with Crippen LogP contribution in [0.2, 0.25) is 0 Å². The maximum absolute atomic E-state index is 14.1. The van der Waals surface area contributed by atoms with Gasteiger partial charge in [0, 0.05) is 12.1 Å². The second-order valence-corrected chi connectivity index (χ2v) is 12.5. The number of sulfonamides is 1. The third-order valence-electron chi connectivity index (χ3n) is 6.14. The predicted octanol–water partition coefficient (Wildman–Crippen LogP) is 4.92. The van der Waals surface area contributed by atoms with Gasteiger partial charge in [0.1, 0.15) is 18.3 Å². The topological polar surface area (TPSA) is 96.0 Å². The van der Waals surface area contributed by atoms with Crippen LogP contribution in [-0.4, -0.2) is 49.9 Å². The molecule has 2 amide bonds. The fourth-order valence-electron chi connectivity index (χ4n) is 4.24. The van der Waals surface area contributed by atoms with Gasteiger partial charge in [-0.1, -0.05) is 60.2 Å². The van der Waals surface area contributed by atoms with Gasteiger partial charge >= 0.3 is 0 Å². The Morgan fingerprint density at radius 3 is 2.23 bits per heavy atom. The molecule has 0 saturated heterocycles. The molecular formula is C31H39N3O5S. The Hall–Kier alpha value is -3.85. The largest absolute Gasteiger partial charge is 0.492 e. The highest BCUT2D eigenvalue weighted by Gasteiger charge is 2.34. The standard InChI is InChI=1S/C31H39N3O5S/c1-7-39-28-19-12-11-18-27(28)34(40(37,38)26-16-9-8-10-17-26)22-29(35)33(21-25-15-13-14-23(2)20-25)24(3)30(36)32-31(4,5)6/h8-20,24H,7,21-22H2,1-6H3,(H,32,36). The van der Waals surface area contributed by atoms with Crippen molar-refractivity contribution in [1.29, 1.82) is 0 Å². The molecule has 0 aliphatic carbocycles. The molecule has 0 bridgehead atoms. The SMILES string of the molecule is CCOc1ccccc1N(CC(=O)N(Cc1cccc(C)c1)C(C)C(=O)NC(C)(C)C)S(=O)(=O)c1ccccc1. The molecule has 0 aliphatic rings. The molecular weight excluding hydrogens is 526 g/mol. The Morgan fingerprint density at radius 1 is 0.950 bits per heavy atom. The molecule has 0 fully saturated rings. The van der Waals surface area contributed by atoms with E-state index in [0.29, 0.717) is 12.4 Å². The van der Waals surface area contributed by atoms with Crippen LogP contribution in [0.15, 0.2) is 83.8 Å². The normalized spacial score (nSPS) is 12.3. The fraction of sp³-hybridized carbons (Fsp3) is 0.355. The first kappa shape index (κ1) is 30.7. The number of nitrogens with zero attached hydrogens (tertiary/aromatic N) is 2. The van der Waals surface area contributed by atoms with Crippen molar-refractivity contribution in [2.75, 3.05) is 17.5 Å². The Bertz CT molecular complexity index is 1420. The minimum Gasteiger partial charge on any atom is -0.492 e. The molecule has 9 heteroatoms. The highest BCUT2D eigenvalue weighted by molar-refractivity contribution is 7.92. The van der Waals surface area contributed by atoms with Gasteiger partial charge < -0.3 is 15.0 Å². The molecule has 0 radical (unpaired) electrons. The van der Waals surface area contributed by atoms with Gasteiger partial charge in [-0.05, 0) is 71.4 Å². The van der Waals surface area contributed by atoms with Crippen molar-refractivity contribution >= 4 is 27.5 Å². The Balaban J connectivity index is 2.08. The van der Waals surface area contributed by atoms with Crippen molar-refractivity contribution in [3.63, 3.8) is 0 Å². The van der Waals surface area contributed by atoms with Crippen LogP contribution in [-0.2, 0) is 26.2 Å². The van der Waals surface area contributed by atoms with Gasteiger partial charge in [0.2, 0.25) is 11.8 Å². The van der Waals surface area contributed by atoms with Gasteiger partial charge in [0.25, 0.3) is 10.0 Å². The van der Waals surface area contributed by atoms with Crippen LogP contribution >= 0.6 is 0 Å². The fourth-order valence-corrected chi connectivity index (χ4v) is 5.68. The Labute approximate surface area is 238 Å². The molecule has 0 saturated carbocycles. The first-order chi connectivity index (χ1) is 18.8. The number of ether oxygens (including phenoxy) is 1. The lowest BCUT2D eigenvalue weighted by Gasteiger charge is -2.33. The number of benzene rings is 3. The van der Waals surface area contributed by atoms with Crippen LogP contribution < -0.4 is 14.4 Å². The number of carbonyl (C=O) groups is 2. The van der Waals surface area contributed by atoms with E-state index in [1.807, 2.05) is 52.0 Å². The van der Waals surface area contributed by atoms with Crippen molar-refractivity contribution in [3.8, 4) is 5.75 Å². The van der Waals surface area contributed by atoms with E-state index in [-0.39, 0.29) is 23.0 Å². The summed E-state index contributed by atoms with van der Waals surface area (Å²) in [7, 11) is -4.17. The van der Waals surface area contributed by atoms with Gasteiger partial charge in [-0.2, -0.15) is 0 Å². The highest BCUT2D eigenvalue weighted by atomic mass is 32.2. The lowest BCUT2D eigenvalue weighted by Crippen LogP contribution is -2.54. The van der Waals surface area contributed by atoms with Crippen molar-refractivity contribution in [2.24, 2.45) is 0 Å². The second kappa shape index (κ2) is 13.0. The maximum atomic E-state index is 14.1. The number of aryl methyl sites for hydroxylation is 1. The number of rotatable bonds is 11. The van der Waals surface area contributed by atoms with Crippen LogP contribution in [0.1, 0.15) is 45.7 Å². The number of carbonyl (C=O) groups excluding carboxylic acids is 2. The van der Waals surface area contributed by atoms with E-state index in [2.05, 4.69) is 5.32 Å². The van der Waals surface area contributed by atoms with E-state index in [1.165, 1.54) is 17.0 Å². The molecule has 40 heavy (non-hydrogen) atoms. The summed E-state index contributed by atoms with van der Waals surface area (Å²) in [6.45, 7) is 10.9. The summed E-state index contributed by atoms with van der Waals surface area (Å²) in [6.07, 6.45) is 0. The van der Waals surface area contributed by atoms with E-state index < -0.39 is 34.1 Å². The van der Waals surface area contributed by atoms with Gasteiger partial charge in [-0.15, -0.1) is 0 Å². The van der Waals surface area contributed by atoms with Crippen LogP contribution in [0, 0.1) is 6.92 Å². The number of nitrogens with one attached hydrogen (secondary N) is 1. The summed E-state index contributed by atoms with van der Waals surface area (Å²) in [6, 6.07) is 21.5. The molecule has 214 valence electrons. The molecule has 0 spiro atoms. The van der Waals surface area contributed by atoms with Crippen LogP contribution in [0.5, 0.6) is 5.75 Å². The summed E-state index contributed by atoms with van der Waals surface area (Å²) in [5.41, 5.74) is 1.57. The Kier molecular flexibility index (Phi) is 9.98. The lowest BCUT2D eigenvalue weighted by molar-refractivity contribution is -0.140. The van der Waals surface area contributed by atoms with Gasteiger partial charge in [0.15, 0.2) is 0 Å². The second-order valence-electron chi connectivity index (χ2n) is 10.7. The maximum Gasteiger partial charge on any atom is 0.264 e. The van der Waals surface area contributed by atoms with Crippen molar-refractivity contribution < 1.29 is 22.7 Å². The molecule has 1 N–H and O–H groups in total. The van der Waals surface area contributed by atoms with Crippen LogP contribution in [0.4, 0.5) is 5.69 Å². The first-order valence-corrected chi connectivity index (χ1v) is 14.7. The average molecular weight is 566 g/mol. The molecule has 0 heterocycles. The summed E-state index contributed by atoms with van der Waals surface area (Å²) >= 11 is 0. The number of anilines is 1. The molecule has 3 rings (SSSR count). The Morgan fingerprint density at radius 2 is 1.60 bits per heavy atom. The summed E-state index contributed by atoms with van der Waals surface area (Å²) in [5.74, 6) is -0.523. The molecule has 3 aromatic carbocycles. The number of hydrogen-bond donors (Lipinski definition) is 1.